The Bertz CT molecular complexity index is 487. The molecule has 0 spiro atoms. The minimum Gasteiger partial charge on any atom is -0.385 e. The summed E-state index contributed by atoms with van der Waals surface area (Å²) in [6, 6.07) is 7.80. The predicted molar refractivity (Wildman–Crippen MR) is 80.7 cm³/mol. The maximum Gasteiger partial charge on any atom is 0.209 e. The van der Waals surface area contributed by atoms with E-state index < -0.39 is 10.0 Å². The first-order chi connectivity index (χ1) is 8.66. The molecule has 0 aliphatic rings. The van der Waals surface area contributed by atoms with Crippen LogP contribution in [0.25, 0.3) is 0 Å². The molecular weight excluding hydrogens is 260 g/mol. The Balaban J connectivity index is 2.44. The van der Waals surface area contributed by atoms with Gasteiger partial charge in [0.2, 0.25) is 10.0 Å². The average molecular weight is 284 g/mol. The summed E-state index contributed by atoms with van der Waals surface area (Å²) in [6.45, 7) is 7.92. The summed E-state index contributed by atoms with van der Waals surface area (Å²) in [5.74, 6) is 0. The molecular formula is C14H24N2O2S. The van der Waals surface area contributed by atoms with Gasteiger partial charge in [-0.2, -0.15) is 0 Å². The van der Waals surface area contributed by atoms with Crippen LogP contribution in [0.15, 0.2) is 24.3 Å². The van der Waals surface area contributed by atoms with Gasteiger partial charge in [0.25, 0.3) is 0 Å². The second kappa shape index (κ2) is 6.39. The van der Waals surface area contributed by atoms with Crippen molar-refractivity contribution in [3.05, 3.63) is 29.8 Å². The second-order valence-corrected chi connectivity index (χ2v) is 7.86. The van der Waals surface area contributed by atoms with E-state index in [2.05, 4.69) is 30.8 Å². The summed E-state index contributed by atoms with van der Waals surface area (Å²) in [5.41, 5.74) is 2.34. The summed E-state index contributed by atoms with van der Waals surface area (Å²) < 4.78 is 24.4. The quantitative estimate of drug-likeness (QED) is 0.844. The van der Waals surface area contributed by atoms with Crippen LogP contribution < -0.4 is 10.0 Å². The van der Waals surface area contributed by atoms with Gasteiger partial charge in [0.15, 0.2) is 0 Å². The highest BCUT2D eigenvalue weighted by molar-refractivity contribution is 7.88. The van der Waals surface area contributed by atoms with E-state index in [1.807, 2.05) is 24.3 Å². The third-order valence-corrected chi connectivity index (χ3v) is 3.37. The molecule has 1 aromatic carbocycles. The SMILES string of the molecule is CC(C)(C)CCNc1ccc(CNS(C)(=O)=O)cc1. The average Bonchev–Trinajstić information content (AvgIpc) is 2.25. The van der Waals surface area contributed by atoms with Gasteiger partial charge in [-0.3, -0.25) is 0 Å². The number of rotatable bonds is 6. The standard InChI is InChI=1S/C14H24N2O2S/c1-14(2,3)9-10-15-13-7-5-12(6-8-13)11-16-19(4,17)18/h5-8,15-16H,9-11H2,1-4H3. The molecule has 2 N–H and O–H groups in total. The highest BCUT2D eigenvalue weighted by atomic mass is 32.2. The summed E-state index contributed by atoms with van der Waals surface area (Å²) in [4.78, 5) is 0. The van der Waals surface area contributed by atoms with Crippen molar-refractivity contribution in [2.24, 2.45) is 5.41 Å². The van der Waals surface area contributed by atoms with Gasteiger partial charge >= 0.3 is 0 Å². The maximum absolute atomic E-state index is 11.0. The Morgan fingerprint density at radius 2 is 1.68 bits per heavy atom. The van der Waals surface area contributed by atoms with Crippen LogP contribution in [0.1, 0.15) is 32.8 Å². The molecule has 4 nitrogen and oxygen atoms in total. The van der Waals surface area contributed by atoms with E-state index in [0.29, 0.717) is 12.0 Å². The number of sulfonamides is 1. The molecule has 0 unspecified atom stereocenters. The van der Waals surface area contributed by atoms with Crippen molar-refractivity contribution in [2.75, 3.05) is 18.1 Å². The van der Waals surface area contributed by atoms with Gasteiger partial charge in [-0.15, -0.1) is 0 Å². The van der Waals surface area contributed by atoms with Gasteiger partial charge in [0.05, 0.1) is 6.26 Å². The number of hydrogen-bond acceptors (Lipinski definition) is 3. The number of nitrogens with one attached hydrogen (secondary N) is 2. The van der Waals surface area contributed by atoms with Gasteiger partial charge in [0.1, 0.15) is 0 Å². The third-order valence-electron chi connectivity index (χ3n) is 2.70. The largest absolute Gasteiger partial charge is 0.385 e. The van der Waals surface area contributed by atoms with E-state index >= 15 is 0 Å². The third kappa shape index (κ3) is 7.85. The highest BCUT2D eigenvalue weighted by Gasteiger charge is 2.08. The van der Waals surface area contributed by atoms with Gasteiger partial charge in [-0.25, -0.2) is 13.1 Å². The Labute approximate surface area is 116 Å². The van der Waals surface area contributed by atoms with Crippen LogP contribution in [0.4, 0.5) is 5.69 Å². The van der Waals surface area contributed by atoms with Gasteiger partial charge in [0, 0.05) is 18.8 Å². The van der Waals surface area contributed by atoms with Gasteiger partial charge < -0.3 is 5.32 Å². The Morgan fingerprint density at radius 1 is 1.11 bits per heavy atom. The molecule has 0 radical (unpaired) electrons. The molecule has 0 atom stereocenters. The van der Waals surface area contributed by atoms with Crippen LogP contribution in [0.2, 0.25) is 0 Å². The van der Waals surface area contributed by atoms with Crippen molar-refractivity contribution >= 4 is 15.7 Å². The monoisotopic (exact) mass is 284 g/mol. The van der Waals surface area contributed by atoms with Crippen LogP contribution in [0.3, 0.4) is 0 Å². The molecule has 1 rings (SSSR count). The van der Waals surface area contributed by atoms with Crippen molar-refractivity contribution in [3.8, 4) is 0 Å². The maximum atomic E-state index is 11.0. The molecule has 0 aliphatic carbocycles. The summed E-state index contributed by atoms with van der Waals surface area (Å²) in [5, 5.41) is 3.36. The van der Waals surface area contributed by atoms with Crippen LogP contribution >= 0.6 is 0 Å². The molecule has 0 amide bonds. The van der Waals surface area contributed by atoms with Gasteiger partial charge in [-0.1, -0.05) is 32.9 Å². The highest BCUT2D eigenvalue weighted by Crippen LogP contribution is 2.18. The van der Waals surface area contributed by atoms with Crippen molar-refractivity contribution in [1.82, 2.24) is 4.72 Å². The van der Waals surface area contributed by atoms with Crippen LogP contribution in [0.5, 0.6) is 0 Å². The molecule has 0 heterocycles. The zero-order valence-corrected chi connectivity index (χ0v) is 13.0. The first kappa shape index (κ1) is 16.0. The fourth-order valence-electron chi connectivity index (χ4n) is 1.54. The van der Waals surface area contributed by atoms with E-state index in [4.69, 9.17) is 0 Å². The van der Waals surface area contributed by atoms with E-state index in [1.165, 1.54) is 0 Å². The number of anilines is 1. The van der Waals surface area contributed by atoms with Gasteiger partial charge in [-0.05, 0) is 29.5 Å². The molecule has 0 bridgehead atoms. The minimum atomic E-state index is -3.13. The molecule has 1 aromatic rings. The number of benzene rings is 1. The lowest BCUT2D eigenvalue weighted by Crippen LogP contribution is -2.21. The Hall–Kier alpha value is -1.07. The van der Waals surface area contributed by atoms with Crippen molar-refractivity contribution in [3.63, 3.8) is 0 Å². The predicted octanol–water partition coefficient (Wildman–Crippen LogP) is 2.58. The molecule has 108 valence electrons. The molecule has 0 aliphatic heterocycles. The molecule has 0 aromatic heterocycles. The number of hydrogen-bond donors (Lipinski definition) is 2. The minimum absolute atomic E-state index is 0.326. The summed E-state index contributed by atoms with van der Waals surface area (Å²) in [7, 11) is -3.13. The van der Waals surface area contributed by atoms with Crippen molar-refractivity contribution < 1.29 is 8.42 Å². The lowest BCUT2D eigenvalue weighted by atomic mass is 9.92. The first-order valence-electron chi connectivity index (χ1n) is 6.43. The van der Waals surface area contributed by atoms with E-state index in [1.54, 1.807) is 0 Å². The van der Waals surface area contributed by atoms with E-state index in [0.717, 1.165) is 30.5 Å². The Morgan fingerprint density at radius 3 is 2.16 bits per heavy atom. The zero-order chi connectivity index (χ0) is 14.5. The van der Waals surface area contributed by atoms with Crippen LogP contribution in [-0.2, 0) is 16.6 Å². The first-order valence-corrected chi connectivity index (χ1v) is 8.32. The molecule has 5 heteroatoms. The fraction of sp³-hybridized carbons (Fsp3) is 0.571. The van der Waals surface area contributed by atoms with Crippen LogP contribution in [-0.4, -0.2) is 21.2 Å². The Kier molecular flexibility index (Phi) is 5.38. The second-order valence-electron chi connectivity index (χ2n) is 6.03. The lowest BCUT2D eigenvalue weighted by Gasteiger charge is -2.18. The molecule has 19 heavy (non-hydrogen) atoms. The van der Waals surface area contributed by atoms with Crippen LogP contribution in [0, 0.1) is 5.41 Å². The normalized spacial score (nSPS) is 12.4. The summed E-state index contributed by atoms with van der Waals surface area (Å²) >= 11 is 0. The van der Waals surface area contributed by atoms with Crippen molar-refractivity contribution in [1.29, 1.82) is 0 Å². The lowest BCUT2D eigenvalue weighted by molar-refractivity contribution is 0.390. The molecule has 0 saturated heterocycles. The summed E-state index contributed by atoms with van der Waals surface area (Å²) in [6.07, 6.45) is 2.26. The van der Waals surface area contributed by atoms with E-state index in [9.17, 15) is 8.42 Å². The smallest absolute Gasteiger partial charge is 0.209 e. The van der Waals surface area contributed by atoms with Crippen molar-refractivity contribution in [2.45, 2.75) is 33.7 Å². The van der Waals surface area contributed by atoms with E-state index in [-0.39, 0.29) is 0 Å². The molecule has 0 saturated carbocycles. The molecule has 0 fully saturated rings. The zero-order valence-electron chi connectivity index (χ0n) is 12.2. The fourth-order valence-corrected chi connectivity index (χ4v) is 1.97. The topological polar surface area (TPSA) is 58.2 Å².